The molecule has 0 amide bonds. The van der Waals surface area contributed by atoms with Crippen molar-refractivity contribution in [1.82, 2.24) is 0 Å². The zero-order chi connectivity index (χ0) is 19.3. The van der Waals surface area contributed by atoms with E-state index in [0.717, 1.165) is 17.7 Å². The van der Waals surface area contributed by atoms with E-state index in [0.29, 0.717) is 10.6 Å². The molecule has 1 aliphatic heterocycles. The molecule has 1 aliphatic rings. The maximum Gasteiger partial charge on any atom is 0.435 e. The summed E-state index contributed by atoms with van der Waals surface area (Å²) in [5, 5.41) is 4.09. The quantitative estimate of drug-likeness (QED) is 0.315. The molecule has 0 N–H and O–H groups in total. The summed E-state index contributed by atoms with van der Waals surface area (Å²) >= 11 is 11.9. The van der Waals surface area contributed by atoms with Crippen LogP contribution in [0.3, 0.4) is 0 Å². The van der Waals surface area contributed by atoms with Crippen LogP contribution in [0, 0.1) is 12.7 Å². The average Bonchev–Trinajstić information content (AvgIpc) is 3.01. The highest BCUT2D eigenvalue weighted by Gasteiger charge is 2.62. The number of nitrogens with zero attached hydrogens (tertiary/aromatic N) is 1. The van der Waals surface area contributed by atoms with Gasteiger partial charge in [-0.1, -0.05) is 28.9 Å². The van der Waals surface area contributed by atoms with Gasteiger partial charge in [0, 0.05) is 22.6 Å². The second kappa shape index (κ2) is 6.80. The van der Waals surface area contributed by atoms with Crippen LogP contribution in [0.2, 0.25) is 5.02 Å². The summed E-state index contributed by atoms with van der Waals surface area (Å²) in [5.41, 5.74) is -1.63. The van der Waals surface area contributed by atoms with Crippen LogP contribution in [0.5, 0.6) is 0 Å². The third-order valence-corrected chi connectivity index (χ3v) is 5.70. The third kappa shape index (κ3) is 3.27. The topological polar surface area (TPSA) is 21.6 Å². The summed E-state index contributed by atoms with van der Waals surface area (Å²) in [4.78, 5) is 4.93. The van der Waals surface area contributed by atoms with Gasteiger partial charge in [-0.05, 0) is 62.5 Å². The van der Waals surface area contributed by atoms with Gasteiger partial charge in [0.1, 0.15) is 0 Å². The zero-order valence-electron chi connectivity index (χ0n) is 13.1. The van der Waals surface area contributed by atoms with Gasteiger partial charge >= 0.3 is 6.18 Å². The van der Waals surface area contributed by atoms with E-state index in [-0.39, 0.29) is 20.2 Å². The molecule has 2 nitrogen and oxygen atoms in total. The third-order valence-electron chi connectivity index (χ3n) is 4.14. The Kier molecular flexibility index (Phi) is 5.13. The number of alkyl halides is 3. The Morgan fingerprint density at radius 2 is 1.77 bits per heavy atom. The summed E-state index contributed by atoms with van der Waals surface area (Å²) in [7, 11) is 0. The normalized spacial score (nSPS) is 20.1. The predicted molar refractivity (Wildman–Crippen MR) is 98.0 cm³/mol. The number of aryl methyl sites for hydroxylation is 1. The SMILES string of the molecule is Cc1ccc(C2=NOC(c3cc(Br)c(F)c(Br)c3)(C(F)(F)F)C2)cc1Cl. The fraction of sp³-hybridized carbons (Fsp3) is 0.235. The van der Waals surface area contributed by atoms with E-state index in [2.05, 4.69) is 37.0 Å². The van der Waals surface area contributed by atoms with Crippen LogP contribution in [0.25, 0.3) is 0 Å². The fourth-order valence-electron chi connectivity index (χ4n) is 2.62. The van der Waals surface area contributed by atoms with Crippen molar-refractivity contribution in [1.29, 1.82) is 0 Å². The highest BCUT2D eigenvalue weighted by molar-refractivity contribution is 9.11. The summed E-state index contributed by atoms with van der Waals surface area (Å²) < 4.78 is 55.4. The van der Waals surface area contributed by atoms with Crippen LogP contribution >= 0.6 is 43.5 Å². The minimum Gasteiger partial charge on any atom is -0.374 e. The largest absolute Gasteiger partial charge is 0.435 e. The molecule has 2 aromatic carbocycles. The molecule has 3 rings (SSSR count). The molecule has 2 aromatic rings. The van der Waals surface area contributed by atoms with E-state index in [9.17, 15) is 17.6 Å². The van der Waals surface area contributed by atoms with Gasteiger partial charge in [-0.2, -0.15) is 13.2 Å². The molecule has 26 heavy (non-hydrogen) atoms. The van der Waals surface area contributed by atoms with E-state index in [1.54, 1.807) is 25.1 Å². The molecule has 0 saturated carbocycles. The smallest absolute Gasteiger partial charge is 0.374 e. The Morgan fingerprint density at radius 1 is 1.15 bits per heavy atom. The molecular formula is C17H10Br2ClF4NO. The van der Waals surface area contributed by atoms with Crippen LogP contribution < -0.4 is 0 Å². The molecule has 0 spiro atoms. The minimum absolute atomic E-state index is 0.110. The fourth-order valence-corrected chi connectivity index (χ4v) is 3.99. The molecule has 138 valence electrons. The Balaban J connectivity index is 2.06. The van der Waals surface area contributed by atoms with E-state index in [4.69, 9.17) is 16.4 Å². The van der Waals surface area contributed by atoms with Gasteiger partial charge in [0.2, 0.25) is 0 Å². The maximum atomic E-state index is 13.9. The number of benzene rings is 2. The van der Waals surface area contributed by atoms with Crippen molar-refractivity contribution in [2.45, 2.75) is 25.1 Å². The number of halogens is 7. The maximum absolute atomic E-state index is 13.9. The lowest BCUT2D eigenvalue weighted by atomic mass is 9.86. The van der Waals surface area contributed by atoms with E-state index in [1.165, 1.54) is 0 Å². The van der Waals surface area contributed by atoms with Crippen LogP contribution in [0.15, 0.2) is 44.4 Å². The van der Waals surface area contributed by atoms with E-state index >= 15 is 0 Å². The van der Waals surface area contributed by atoms with Gasteiger partial charge in [-0.3, -0.25) is 0 Å². The van der Waals surface area contributed by atoms with Gasteiger partial charge in [-0.15, -0.1) is 0 Å². The molecule has 1 unspecified atom stereocenters. The molecule has 0 aliphatic carbocycles. The van der Waals surface area contributed by atoms with Gasteiger partial charge in [-0.25, -0.2) is 4.39 Å². The second-order valence-electron chi connectivity index (χ2n) is 5.85. The van der Waals surface area contributed by atoms with Crippen LogP contribution in [0.4, 0.5) is 17.6 Å². The molecule has 9 heteroatoms. The van der Waals surface area contributed by atoms with Gasteiger partial charge in [0.05, 0.1) is 14.7 Å². The van der Waals surface area contributed by atoms with Gasteiger partial charge < -0.3 is 4.84 Å². The standard InChI is InChI=1S/C17H10Br2ClF4NO/c1-8-2-3-9(4-13(8)20)14-7-16(26-25-14,17(22,23)24)10-5-11(18)15(21)12(19)6-10/h2-6H,7H2,1H3. The number of rotatable bonds is 2. The summed E-state index contributed by atoms with van der Waals surface area (Å²) in [6, 6.07) is 6.97. The van der Waals surface area contributed by atoms with E-state index < -0.39 is 24.0 Å². The second-order valence-corrected chi connectivity index (χ2v) is 7.96. The first-order chi connectivity index (χ1) is 12.0. The molecule has 0 bridgehead atoms. The molecular weight excluding hydrogens is 505 g/mol. The molecule has 0 aromatic heterocycles. The van der Waals surface area contributed by atoms with Crippen molar-refractivity contribution >= 4 is 49.2 Å². The van der Waals surface area contributed by atoms with Gasteiger partial charge in [0.15, 0.2) is 5.82 Å². The highest BCUT2D eigenvalue weighted by Crippen LogP contribution is 2.50. The summed E-state index contributed by atoms with van der Waals surface area (Å²) in [5.74, 6) is -0.699. The monoisotopic (exact) mass is 513 g/mol. The number of oxime groups is 1. The van der Waals surface area contributed by atoms with Crippen molar-refractivity contribution in [3.8, 4) is 0 Å². The minimum atomic E-state index is -4.77. The van der Waals surface area contributed by atoms with Crippen molar-refractivity contribution in [2.24, 2.45) is 5.16 Å². The number of hydrogen-bond donors (Lipinski definition) is 0. The van der Waals surface area contributed by atoms with Crippen molar-refractivity contribution in [3.63, 3.8) is 0 Å². The van der Waals surface area contributed by atoms with Crippen LogP contribution in [-0.2, 0) is 10.4 Å². The Hall–Kier alpha value is -1.12. The predicted octanol–water partition coefficient (Wildman–Crippen LogP) is 6.89. The van der Waals surface area contributed by atoms with Crippen LogP contribution in [-0.4, -0.2) is 11.9 Å². The molecule has 1 heterocycles. The molecule has 0 radical (unpaired) electrons. The first-order valence-electron chi connectivity index (χ1n) is 7.28. The average molecular weight is 516 g/mol. The van der Waals surface area contributed by atoms with Gasteiger partial charge in [0.25, 0.3) is 5.60 Å². The summed E-state index contributed by atoms with van der Waals surface area (Å²) in [6.07, 6.45) is -5.33. The lowest BCUT2D eigenvalue weighted by Crippen LogP contribution is -2.42. The zero-order valence-corrected chi connectivity index (χ0v) is 17.0. The first-order valence-corrected chi connectivity index (χ1v) is 9.25. The lowest BCUT2D eigenvalue weighted by molar-refractivity contribution is -0.275. The molecule has 0 fully saturated rings. The first kappa shape index (κ1) is 19.6. The molecule has 1 atom stereocenters. The summed E-state index contributed by atoms with van der Waals surface area (Å²) in [6.45, 7) is 1.78. The lowest BCUT2D eigenvalue weighted by Gasteiger charge is -2.29. The number of hydrogen-bond acceptors (Lipinski definition) is 2. The Labute approximate surface area is 168 Å². The Morgan fingerprint density at radius 3 is 2.31 bits per heavy atom. The Bertz CT molecular complexity index is 893. The van der Waals surface area contributed by atoms with Crippen molar-refractivity contribution < 1.29 is 22.4 Å². The van der Waals surface area contributed by atoms with Crippen molar-refractivity contribution in [2.75, 3.05) is 0 Å². The van der Waals surface area contributed by atoms with Crippen molar-refractivity contribution in [3.05, 3.63) is 66.8 Å². The van der Waals surface area contributed by atoms with Crippen LogP contribution in [0.1, 0.15) is 23.1 Å². The highest BCUT2D eigenvalue weighted by atomic mass is 79.9. The molecule has 0 saturated heterocycles. The van der Waals surface area contributed by atoms with E-state index in [1.807, 2.05) is 0 Å².